The van der Waals surface area contributed by atoms with Gasteiger partial charge in [0.15, 0.2) is 0 Å². The maximum atomic E-state index is 12.0. The van der Waals surface area contributed by atoms with E-state index < -0.39 is 0 Å². The molecule has 0 aliphatic heterocycles. The summed E-state index contributed by atoms with van der Waals surface area (Å²) in [4.78, 5) is 23.6. The van der Waals surface area contributed by atoms with Crippen molar-refractivity contribution in [1.82, 2.24) is 5.32 Å². The Hall–Kier alpha value is -2.56. The SMILES string of the molecule is CCCC(=O)Nc1ccc(CC(=O)N[C@H](C)c2ccco2)cc1. The van der Waals surface area contributed by atoms with Crippen molar-refractivity contribution in [2.24, 2.45) is 0 Å². The number of benzene rings is 1. The summed E-state index contributed by atoms with van der Waals surface area (Å²) in [6.45, 7) is 3.84. The molecule has 0 spiro atoms. The summed E-state index contributed by atoms with van der Waals surface area (Å²) >= 11 is 0. The number of carbonyl (C=O) groups is 2. The molecule has 0 radical (unpaired) electrons. The van der Waals surface area contributed by atoms with Crippen LogP contribution in [0.3, 0.4) is 0 Å². The summed E-state index contributed by atoms with van der Waals surface area (Å²) in [6.07, 6.45) is 3.20. The molecule has 0 fully saturated rings. The van der Waals surface area contributed by atoms with Crippen molar-refractivity contribution in [1.29, 1.82) is 0 Å². The minimum absolute atomic E-state index is 0.00488. The molecule has 0 saturated heterocycles. The van der Waals surface area contributed by atoms with E-state index in [0.29, 0.717) is 6.42 Å². The van der Waals surface area contributed by atoms with Crippen LogP contribution in [0.15, 0.2) is 47.1 Å². The molecule has 2 aromatic rings. The lowest BCUT2D eigenvalue weighted by atomic mass is 10.1. The fourth-order valence-corrected chi connectivity index (χ4v) is 2.24. The summed E-state index contributed by atoms with van der Waals surface area (Å²) in [5.41, 5.74) is 1.64. The van der Waals surface area contributed by atoms with Crippen LogP contribution in [0, 0.1) is 0 Å². The Morgan fingerprint density at radius 2 is 1.87 bits per heavy atom. The van der Waals surface area contributed by atoms with Gasteiger partial charge in [0.05, 0.1) is 18.7 Å². The quantitative estimate of drug-likeness (QED) is 0.822. The molecule has 0 bridgehead atoms. The van der Waals surface area contributed by atoms with Crippen molar-refractivity contribution in [3.05, 3.63) is 54.0 Å². The first kappa shape index (κ1) is 16.8. The van der Waals surface area contributed by atoms with Gasteiger partial charge in [-0.15, -0.1) is 0 Å². The Kier molecular flexibility index (Phi) is 5.97. The highest BCUT2D eigenvalue weighted by Crippen LogP contribution is 2.14. The molecule has 5 nitrogen and oxygen atoms in total. The predicted molar refractivity (Wildman–Crippen MR) is 88.9 cm³/mol. The summed E-state index contributed by atoms with van der Waals surface area (Å²) in [5, 5.41) is 5.71. The van der Waals surface area contributed by atoms with Gasteiger partial charge in [-0.1, -0.05) is 19.1 Å². The highest BCUT2D eigenvalue weighted by atomic mass is 16.3. The van der Waals surface area contributed by atoms with Crippen LogP contribution in [-0.4, -0.2) is 11.8 Å². The molecule has 1 atom stereocenters. The molecular weight excluding hydrogens is 292 g/mol. The van der Waals surface area contributed by atoms with E-state index in [0.717, 1.165) is 23.4 Å². The summed E-state index contributed by atoms with van der Waals surface area (Å²) < 4.78 is 5.26. The van der Waals surface area contributed by atoms with Gasteiger partial charge >= 0.3 is 0 Å². The third-order valence-corrected chi connectivity index (χ3v) is 3.43. The standard InChI is InChI=1S/C18H22N2O3/c1-3-5-17(21)20-15-9-7-14(8-10-15)12-18(22)19-13(2)16-6-4-11-23-16/h4,6-11,13H,3,5,12H2,1-2H3,(H,19,22)(H,20,21)/t13-/m1/s1. The number of nitrogens with one attached hydrogen (secondary N) is 2. The molecule has 5 heteroatoms. The monoisotopic (exact) mass is 314 g/mol. The zero-order chi connectivity index (χ0) is 16.7. The number of amides is 2. The van der Waals surface area contributed by atoms with Gasteiger partial charge in [0.2, 0.25) is 11.8 Å². The second kappa shape index (κ2) is 8.17. The van der Waals surface area contributed by atoms with Gasteiger partial charge in [-0.25, -0.2) is 0 Å². The lowest BCUT2D eigenvalue weighted by Gasteiger charge is -2.11. The normalized spacial score (nSPS) is 11.7. The molecule has 0 aliphatic carbocycles. The second-order valence-electron chi connectivity index (χ2n) is 5.48. The maximum absolute atomic E-state index is 12.0. The highest BCUT2D eigenvalue weighted by Gasteiger charge is 2.12. The number of hydrogen-bond acceptors (Lipinski definition) is 3. The molecule has 0 aliphatic rings. The summed E-state index contributed by atoms with van der Waals surface area (Å²) in [7, 11) is 0. The fraction of sp³-hybridized carbons (Fsp3) is 0.333. The van der Waals surface area contributed by atoms with E-state index in [1.807, 2.05) is 44.2 Å². The van der Waals surface area contributed by atoms with E-state index in [9.17, 15) is 9.59 Å². The van der Waals surface area contributed by atoms with Gasteiger partial charge < -0.3 is 15.1 Å². The van der Waals surface area contributed by atoms with Crippen LogP contribution >= 0.6 is 0 Å². The van der Waals surface area contributed by atoms with E-state index in [1.54, 1.807) is 12.3 Å². The van der Waals surface area contributed by atoms with Crippen LogP contribution in [0.5, 0.6) is 0 Å². The molecule has 2 rings (SSSR count). The van der Waals surface area contributed by atoms with Crippen LogP contribution in [0.1, 0.15) is 44.1 Å². The Morgan fingerprint density at radius 1 is 1.13 bits per heavy atom. The number of rotatable bonds is 7. The van der Waals surface area contributed by atoms with E-state index in [2.05, 4.69) is 10.6 Å². The first-order chi connectivity index (χ1) is 11.1. The largest absolute Gasteiger partial charge is 0.467 e. The zero-order valence-corrected chi connectivity index (χ0v) is 13.5. The number of hydrogen-bond donors (Lipinski definition) is 2. The van der Waals surface area contributed by atoms with E-state index in [1.165, 1.54) is 0 Å². The third kappa shape index (κ3) is 5.29. The lowest BCUT2D eigenvalue weighted by Crippen LogP contribution is -2.27. The molecule has 2 amide bonds. The molecule has 1 aromatic heterocycles. The van der Waals surface area contributed by atoms with Crippen LogP contribution < -0.4 is 10.6 Å². The average molecular weight is 314 g/mol. The molecule has 1 aromatic carbocycles. The van der Waals surface area contributed by atoms with Gasteiger partial charge in [-0.3, -0.25) is 9.59 Å². The minimum Gasteiger partial charge on any atom is -0.467 e. The maximum Gasteiger partial charge on any atom is 0.224 e. The number of anilines is 1. The van der Waals surface area contributed by atoms with Crippen molar-refractivity contribution in [2.45, 2.75) is 39.2 Å². The topological polar surface area (TPSA) is 71.3 Å². The van der Waals surface area contributed by atoms with E-state index >= 15 is 0 Å². The summed E-state index contributed by atoms with van der Waals surface area (Å²) in [6, 6.07) is 10.8. The van der Waals surface area contributed by atoms with Gasteiger partial charge in [-0.2, -0.15) is 0 Å². The Labute approximate surface area is 136 Å². The first-order valence-electron chi connectivity index (χ1n) is 7.80. The van der Waals surface area contributed by atoms with Crippen LogP contribution in [0.4, 0.5) is 5.69 Å². The molecule has 122 valence electrons. The van der Waals surface area contributed by atoms with Crippen molar-refractivity contribution in [2.75, 3.05) is 5.32 Å². The zero-order valence-electron chi connectivity index (χ0n) is 13.5. The average Bonchev–Trinajstić information content (AvgIpc) is 3.04. The smallest absolute Gasteiger partial charge is 0.224 e. The molecular formula is C18H22N2O3. The van der Waals surface area contributed by atoms with Crippen LogP contribution in [0.2, 0.25) is 0 Å². The number of furan rings is 1. The van der Waals surface area contributed by atoms with Crippen molar-refractivity contribution >= 4 is 17.5 Å². The fourth-order valence-electron chi connectivity index (χ4n) is 2.24. The molecule has 0 saturated carbocycles. The predicted octanol–water partition coefficient (Wildman–Crippen LogP) is 3.44. The van der Waals surface area contributed by atoms with Gasteiger partial charge in [0.1, 0.15) is 5.76 Å². The van der Waals surface area contributed by atoms with Crippen molar-refractivity contribution < 1.29 is 14.0 Å². The lowest BCUT2D eigenvalue weighted by molar-refractivity contribution is -0.121. The Balaban J connectivity index is 1.85. The Morgan fingerprint density at radius 3 is 2.48 bits per heavy atom. The van der Waals surface area contributed by atoms with Gasteiger partial charge in [0, 0.05) is 12.1 Å². The third-order valence-electron chi connectivity index (χ3n) is 3.43. The van der Waals surface area contributed by atoms with Crippen LogP contribution in [0.25, 0.3) is 0 Å². The molecule has 23 heavy (non-hydrogen) atoms. The second-order valence-corrected chi connectivity index (χ2v) is 5.48. The minimum atomic E-state index is -0.162. The molecule has 0 unspecified atom stereocenters. The van der Waals surface area contributed by atoms with Crippen LogP contribution in [-0.2, 0) is 16.0 Å². The van der Waals surface area contributed by atoms with Crippen molar-refractivity contribution in [3.63, 3.8) is 0 Å². The summed E-state index contributed by atoms with van der Waals surface area (Å²) in [5.74, 6) is 0.661. The van der Waals surface area contributed by atoms with Gasteiger partial charge in [0.25, 0.3) is 0 Å². The Bertz CT molecular complexity index is 633. The van der Waals surface area contributed by atoms with E-state index in [4.69, 9.17) is 4.42 Å². The first-order valence-corrected chi connectivity index (χ1v) is 7.80. The molecule has 1 heterocycles. The van der Waals surface area contributed by atoms with E-state index in [-0.39, 0.29) is 24.3 Å². The number of carbonyl (C=O) groups excluding carboxylic acids is 2. The van der Waals surface area contributed by atoms with Gasteiger partial charge in [-0.05, 0) is 43.2 Å². The van der Waals surface area contributed by atoms with Crippen molar-refractivity contribution in [3.8, 4) is 0 Å². The molecule has 2 N–H and O–H groups in total. The highest BCUT2D eigenvalue weighted by molar-refractivity contribution is 5.90.